The molecule has 26 heavy (non-hydrogen) atoms. The minimum absolute atomic E-state index is 0.0233. The van der Waals surface area contributed by atoms with E-state index in [1.807, 2.05) is 68.8 Å². The summed E-state index contributed by atoms with van der Waals surface area (Å²) in [5.41, 5.74) is 3.21. The van der Waals surface area contributed by atoms with Crippen LogP contribution < -0.4 is 10.1 Å². The van der Waals surface area contributed by atoms with Crippen LogP contribution in [0.1, 0.15) is 17.2 Å². The number of fused-ring (bicyclic) bond motifs is 1. The van der Waals surface area contributed by atoms with Crippen LogP contribution in [0, 0.1) is 0 Å². The molecule has 5 heteroatoms. The molecule has 0 bridgehead atoms. The van der Waals surface area contributed by atoms with E-state index in [9.17, 15) is 4.79 Å². The summed E-state index contributed by atoms with van der Waals surface area (Å²) < 4.78 is 5.22. The van der Waals surface area contributed by atoms with Crippen molar-refractivity contribution >= 4 is 16.8 Å². The zero-order valence-electron chi connectivity index (χ0n) is 15.5. The molecule has 1 amide bonds. The van der Waals surface area contributed by atoms with Crippen molar-refractivity contribution in [3.8, 4) is 5.75 Å². The number of hydrogen-bond donors (Lipinski definition) is 2. The number of likely N-dealkylation sites (N-methyl/N-ethyl adjacent to an activating group) is 1. The van der Waals surface area contributed by atoms with Crippen molar-refractivity contribution in [2.75, 3.05) is 27.7 Å². The SMILES string of the molecule is COc1ccc([C@@H](CNC(=O)Cc2c[nH]c3ccccc23)N(C)C)cc1. The Balaban J connectivity index is 1.64. The predicted molar refractivity (Wildman–Crippen MR) is 104 cm³/mol. The van der Waals surface area contributed by atoms with Crippen LogP contribution in [0.4, 0.5) is 0 Å². The number of hydrogen-bond acceptors (Lipinski definition) is 3. The van der Waals surface area contributed by atoms with Crippen LogP contribution in [0.2, 0.25) is 0 Å². The average Bonchev–Trinajstić information content (AvgIpc) is 3.05. The van der Waals surface area contributed by atoms with E-state index in [1.54, 1.807) is 7.11 Å². The van der Waals surface area contributed by atoms with E-state index in [0.717, 1.165) is 27.8 Å². The first-order valence-electron chi connectivity index (χ1n) is 8.70. The number of ether oxygens (including phenoxy) is 1. The fourth-order valence-electron chi connectivity index (χ4n) is 3.15. The Morgan fingerprint density at radius 3 is 2.58 bits per heavy atom. The van der Waals surface area contributed by atoms with Gasteiger partial charge in [0.05, 0.1) is 19.6 Å². The van der Waals surface area contributed by atoms with Gasteiger partial charge >= 0.3 is 0 Å². The molecule has 0 aliphatic heterocycles. The van der Waals surface area contributed by atoms with Crippen LogP contribution in [-0.2, 0) is 11.2 Å². The smallest absolute Gasteiger partial charge is 0.224 e. The number of para-hydroxylation sites is 1. The highest BCUT2D eigenvalue weighted by molar-refractivity contribution is 5.88. The molecule has 0 saturated carbocycles. The van der Waals surface area contributed by atoms with Gasteiger partial charge in [-0.15, -0.1) is 0 Å². The lowest BCUT2D eigenvalue weighted by atomic mass is 10.1. The van der Waals surface area contributed by atoms with E-state index >= 15 is 0 Å². The van der Waals surface area contributed by atoms with Gasteiger partial charge in [0.2, 0.25) is 5.91 Å². The van der Waals surface area contributed by atoms with Gasteiger partial charge in [-0.3, -0.25) is 4.79 Å². The Morgan fingerprint density at radius 1 is 1.15 bits per heavy atom. The zero-order chi connectivity index (χ0) is 18.5. The van der Waals surface area contributed by atoms with Gasteiger partial charge < -0.3 is 19.9 Å². The van der Waals surface area contributed by atoms with Crippen LogP contribution in [0.25, 0.3) is 10.9 Å². The fourth-order valence-corrected chi connectivity index (χ4v) is 3.15. The third-order valence-electron chi connectivity index (χ3n) is 4.64. The average molecular weight is 351 g/mol. The van der Waals surface area contributed by atoms with Crippen molar-refractivity contribution in [2.45, 2.75) is 12.5 Å². The minimum Gasteiger partial charge on any atom is -0.497 e. The summed E-state index contributed by atoms with van der Waals surface area (Å²) >= 11 is 0. The predicted octanol–water partition coefficient (Wildman–Crippen LogP) is 3.14. The molecule has 2 N–H and O–H groups in total. The van der Waals surface area contributed by atoms with Gasteiger partial charge in [-0.25, -0.2) is 0 Å². The molecule has 0 radical (unpaired) electrons. The molecule has 0 fully saturated rings. The fraction of sp³-hybridized carbons (Fsp3) is 0.286. The molecule has 136 valence electrons. The molecule has 5 nitrogen and oxygen atoms in total. The van der Waals surface area contributed by atoms with Crippen LogP contribution >= 0.6 is 0 Å². The third kappa shape index (κ3) is 4.06. The second-order valence-electron chi connectivity index (χ2n) is 6.59. The van der Waals surface area contributed by atoms with Gasteiger partial charge in [0.15, 0.2) is 0 Å². The molecule has 0 aliphatic carbocycles. The van der Waals surface area contributed by atoms with Crippen molar-refractivity contribution in [1.29, 1.82) is 0 Å². The molecule has 1 atom stereocenters. The molecule has 0 saturated heterocycles. The lowest BCUT2D eigenvalue weighted by molar-refractivity contribution is -0.120. The normalized spacial score (nSPS) is 12.3. The highest BCUT2D eigenvalue weighted by atomic mass is 16.5. The van der Waals surface area contributed by atoms with E-state index in [-0.39, 0.29) is 11.9 Å². The first-order chi connectivity index (χ1) is 12.6. The van der Waals surface area contributed by atoms with Gasteiger partial charge in [-0.05, 0) is 43.4 Å². The molecule has 0 aliphatic rings. The van der Waals surface area contributed by atoms with Crippen molar-refractivity contribution in [2.24, 2.45) is 0 Å². The number of aromatic nitrogens is 1. The van der Waals surface area contributed by atoms with Crippen molar-refractivity contribution < 1.29 is 9.53 Å². The number of aromatic amines is 1. The van der Waals surface area contributed by atoms with Gasteiger partial charge in [0.1, 0.15) is 5.75 Å². The number of benzene rings is 2. The number of rotatable bonds is 7. The Morgan fingerprint density at radius 2 is 1.88 bits per heavy atom. The number of carbonyl (C=O) groups excluding carboxylic acids is 1. The summed E-state index contributed by atoms with van der Waals surface area (Å²) in [6.07, 6.45) is 2.28. The molecule has 1 aromatic heterocycles. The van der Waals surface area contributed by atoms with E-state index in [1.165, 1.54) is 0 Å². The highest BCUT2D eigenvalue weighted by Crippen LogP contribution is 2.21. The second-order valence-corrected chi connectivity index (χ2v) is 6.59. The standard InChI is InChI=1S/C21H25N3O2/c1-24(2)20(15-8-10-17(26-3)11-9-15)14-23-21(25)12-16-13-22-19-7-5-4-6-18(16)19/h4-11,13,20,22H,12,14H2,1-3H3,(H,23,25)/t20-/m1/s1. The summed E-state index contributed by atoms with van der Waals surface area (Å²) in [5, 5.41) is 4.17. The monoisotopic (exact) mass is 351 g/mol. The number of amides is 1. The molecular weight excluding hydrogens is 326 g/mol. The molecule has 1 heterocycles. The number of nitrogens with zero attached hydrogens (tertiary/aromatic N) is 1. The lowest BCUT2D eigenvalue weighted by Gasteiger charge is -2.25. The van der Waals surface area contributed by atoms with Gasteiger partial charge in [-0.1, -0.05) is 30.3 Å². The van der Waals surface area contributed by atoms with Crippen LogP contribution in [0.5, 0.6) is 5.75 Å². The Kier molecular flexibility index (Phi) is 5.58. The Labute approximate surface area is 154 Å². The third-order valence-corrected chi connectivity index (χ3v) is 4.64. The molecule has 0 unspecified atom stereocenters. The first-order valence-corrected chi connectivity index (χ1v) is 8.70. The number of methoxy groups -OCH3 is 1. The maximum Gasteiger partial charge on any atom is 0.224 e. The van der Waals surface area contributed by atoms with Crippen molar-refractivity contribution in [3.63, 3.8) is 0 Å². The minimum atomic E-state index is 0.0233. The quantitative estimate of drug-likeness (QED) is 0.687. The summed E-state index contributed by atoms with van der Waals surface area (Å²) in [7, 11) is 5.69. The van der Waals surface area contributed by atoms with Gasteiger partial charge in [-0.2, -0.15) is 0 Å². The zero-order valence-corrected chi connectivity index (χ0v) is 15.5. The largest absolute Gasteiger partial charge is 0.497 e. The number of H-pyrrole nitrogens is 1. The highest BCUT2D eigenvalue weighted by Gasteiger charge is 2.16. The first kappa shape index (κ1) is 18.0. The van der Waals surface area contributed by atoms with E-state index in [4.69, 9.17) is 4.74 Å². The van der Waals surface area contributed by atoms with Crippen molar-refractivity contribution in [1.82, 2.24) is 15.2 Å². The summed E-state index contributed by atoms with van der Waals surface area (Å²) in [6.45, 7) is 0.556. The van der Waals surface area contributed by atoms with Crippen LogP contribution in [0.3, 0.4) is 0 Å². The molecule has 2 aromatic carbocycles. The summed E-state index contributed by atoms with van der Waals surface area (Å²) in [6, 6.07) is 16.1. The molecule has 3 aromatic rings. The number of nitrogens with one attached hydrogen (secondary N) is 2. The van der Waals surface area contributed by atoms with E-state index in [2.05, 4.69) is 15.2 Å². The van der Waals surface area contributed by atoms with E-state index in [0.29, 0.717) is 13.0 Å². The summed E-state index contributed by atoms with van der Waals surface area (Å²) in [5.74, 6) is 0.852. The number of carbonyl (C=O) groups is 1. The van der Waals surface area contributed by atoms with Gasteiger partial charge in [0.25, 0.3) is 0 Å². The van der Waals surface area contributed by atoms with E-state index < -0.39 is 0 Å². The Bertz CT molecular complexity index is 868. The summed E-state index contributed by atoms with van der Waals surface area (Å²) in [4.78, 5) is 17.8. The van der Waals surface area contributed by atoms with Crippen LogP contribution in [0.15, 0.2) is 54.7 Å². The van der Waals surface area contributed by atoms with Crippen LogP contribution in [-0.4, -0.2) is 43.5 Å². The maximum atomic E-state index is 12.4. The lowest BCUT2D eigenvalue weighted by Crippen LogP contribution is -2.35. The second kappa shape index (κ2) is 8.06. The molecular formula is C21H25N3O2. The molecule has 3 rings (SSSR count). The maximum absolute atomic E-state index is 12.4. The van der Waals surface area contributed by atoms with Gasteiger partial charge in [0, 0.05) is 23.6 Å². The topological polar surface area (TPSA) is 57.4 Å². The Hall–Kier alpha value is -2.79. The molecule has 0 spiro atoms. The van der Waals surface area contributed by atoms with Crippen molar-refractivity contribution in [3.05, 3.63) is 65.9 Å².